The zero-order chi connectivity index (χ0) is 35.0. The van der Waals surface area contributed by atoms with Crippen LogP contribution in [0.4, 0.5) is 0 Å². The highest BCUT2D eigenvalue weighted by Crippen LogP contribution is 2.43. The Bertz CT molecular complexity index is 1750. The number of rotatable bonds is 15. The molecular weight excluding hydrogens is 636 g/mol. The molecular formula is C35H40N4O10. The number of aliphatic hydroxyl groups is 1. The highest BCUT2D eigenvalue weighted by molar-refractivity contribution is 5.74. The van der Waals surface area contributed by atoms with E-state index < -0.39 is 53.7 Å². The van der Waals surface area contributed by atoms with Crippen LogP contribution in [-0.2, 0) is 35.9 Å². The number of hydrogen-bond donors (Lipinski definition) is 4. The van der Waals surface area contributed by atoms with Crippen molar-refractivity contribution < 1.29 is 38.3 Å². The number of H-pyrrole nitrogens is 1. The normalized spacial score (nSPS) is 19.0. The van der Waals surface area contributed by atoms with Crippen molar-refractivity contribution in [1.29, 1.82) is 0 Å². The fraction of sp³-hybridized carbons (Fsp3) is 0.343. The largest absolute Gasteiger partial charge is 0.497 e. The second-order valence-corrected chi connectivity index (χ2v) is 11.3. The molecule has 1 aromatic heterocycles. The van der Waals surface area contributed by atoms with Gasteiger partial charge in [-0.25, -0.2) is 10.6 Å². The Morgan fingerprint density at radius 3 is 2.06 bits per heavy atom. The Hall–Kier alpha value is -4.83. The molecule has 2 heterocycles. The first-order valence-electron chi connectivity index (χ1n) is 15.5. The zero-order valence-electron chi connectivity index (χ0n) is 27.4. The van der Waals surface area contributed by atoms with Gasteiger partial charge >= 0.3 is 5.69 Å². The number of aromatic nitrogens is 2. The average molecular weight is 677 g/mol. The lowest BCUT2D eigenvalue weighted by Gasteiger charge is -2.37. The van der Waals surface area contributed by atoms with Crippen LogP contribution in [-0.4, -0.2) is 80.0 Å². The summed E-state index contributed by atoms with van der Waals surface area (Å²) in [6.07, 6.45) is -3.30. The number of aromatic amines is 1. The summed E-state index contributed by atoms with van der Waals surface area (Å²) < 4.78 is 36.2. The molecule has 0 saturated carbocycles. The monoisotopic (exact) mass is 676 g/mol. The first kappa shape index (κ1) is 35.5. The van der Waals surface area contributed by atoms with E-state index in [0.29, 0.717) is 11.5 Å². The van der Waals surface area contributed by atoms with Gasteiger partial charge in [-0.15, -0.1) is 0 Å². The Balaban J connectivity index is 1.56. The first-order chi connectivity index (χ1) is 23.7. The SMILES string of the molecule is COCCO[C@@H]1[C@H](O)[C@@H](COC(c2ccccc2)(c2ccc(OC)cc2)c2ccc(OC)cc2)O[C@H]1c1cn(CC(=O)NN)c(=O)[nH]c1=O. The van der Waals surface area contributed by atoms with Gasteiger partial charge in [0.2, 0.25) is 0 Å². The molecule has 1 aliphatic rings. The van der Waals surface area contributed by atoms with Crippen LogP contribution >= 0.6 is 0 Å². The molecule has 3 aromatic carbocycles. The van der Waals surface area contributed by atoms with E-state index in [-0.39, 0.29) is 25.4 Å². The van der Waals surface area contributed by atoms with E-state index in [1.165, 1.54) is 13.3 Å². The number of nitrogens with zero attached hydrogens (tertiary/aromatic N) is 1. The van der Waals surface area contributed by atoms with Gasteiger partial charge in [0.1, 0.15) is 48.1 Å². The van der Waals surface area contributed by atoms with Crippen LogP contribution in [0.3, 0.4) is 0 Å². The minimum absolute atomic E-state index is 0.0342. The smallest absolute Gasteiger partial charge is 0.328 e. The molecule has 0 aliphatic carbocycles. The molecule has 4 atom stereocenters. The van der Waals surface area contributed by atoms with Crippen molar-refractivity contribution in [1.82, 2.24) is 15.0 Å². The molecule has 1 fully saturated rings. The van der Waals surface area contributed by atoms with E-state index in [2.05, 4.69) is 4.98 Å². The molecule has 1 saturated heterocycles. The molecule has 14 nitrogen and oxygen atoms in total. The number of carbonyl (C=O) groups excluding carboxylic acids is 1. The Morgan fingerprint density at radius 2 is 1.51 bits per heavy atom. The lowest BCUT2D eigenvalue weighted by Crippen LogP contribution is -2.41. The fourth-order valence-corrected chi connectivity index (χ4v) is 5.91. The van der Waals surface area contributed by atoms with Gasteiger partial charge in [-0.05, 0) is 41.0 Å². The maximum atomic E-state index is 13.1. The highest BCUT2D eigenvalue weighted by Gasteiger charge is 2.48. The summed E-state index contributed by atoms with van der Waals surface area (Å²) >= 11 is 0. The van der Waals surface area contributed by atoms with Gasteiger partial charge in [0.25, 0.3) is 11.5 Å². The number of methoxy groups -OCH3 is 3. The van der Waals surface area contributed by atoms with E-state index in [4.69, 9.17) is 34.3 Å². The molecule has 0 radical (unpaired) electrons. The van der Waals surface area contributed by atoms with Crippen LogP contribution in [0.1, 0.15) is 28.4 Å². The topological polar surface area (TPSA) is 186 Å². The molecule has 1 amide bonds. The molecule has 49 heavy (non-hydrogen) atoms. The Labute approximate surface area is 282 Å². The van der Waals surface area contributed by atoms with Gasteiger partial charge < -0.3 is 33.5 Å². The number of aliphatic hydroxyl groups excluding tert-OH is 1. The van der Waals surface area contributed by atoms with E-state index in [1.54, 1.807) is 14.2 Å². The fourth-order valence-electron chi connectivity index (χ4n) is 5.91. The minimum Gasteiger partial charge on any atom is -0.497 e. The molecule has 4 aromatic rings. The first-order valence-corrected chi connectivity index (χ1v) is 15.5. The van der Waals surface area contributed by atoms with E-state index >= 15 is 0 Å². The number of benzene rings is 3. The lowest BCUT2D eigenvalue weighted by molar-refractivity contribution is -0.121. The molecule has 14 heteroatoms. The lowest BCUT2D eigenvalue weighted by atomic mass is 9.80. The number of nitrogens with two attached hydrogens (primary N) is 1. The number of hydrazine groups is 1. The second-order valence-electron chi connectivity index (χ2n) is 11.3. The number of carbonyl (C=O) groups is 1. The summed E-state index contributed by atoms with van der Waals surface area (Å²) in [5, 5.41) is 11.7. The third-order valence-electron chi connectivity index (χ3n) is 8.39. The van der Waals surface area contributed by atoms with Gasteiger partial charge in [0.05, 0.1) is 39.6 Å². The van der Waals surface area contributed by atoms with Crippen molar-refractivity contribution in [2.45, 2.75) is 36.6 Å². The van der Waals surface area contributed by atoms with Gasteiger partial charge in [-0.3, -0.25) is 24.6 Å². The summed E-state index contributed by atoms with van der Waals surface area (Å²) in [7, 11) is 4.68. The quantitative estimate of drug-likeness (QED) is 0.0469. The van der Waals surface area contributed by atoms with Crippen molar-refractivity contribution in [2.24, 2.45) is 5.84 Å². The third kappa shape index (κ3) is 7.59. The van der Waals surface area contributed by atoms with Crippen LogP contribution in [0, 0.1) is 0 Å². The molecule has 0 spiro atoms. The number of ether oxygens (including phenoxy) is 6. The maximum absolute atomic E-state index is 13.1. The van der Waals surface area contributed by atoms with Crippen LogP contribution < -0.4 is 32.0 Å². The van der Waals surface area contributed by atoms with Gasteiger partial charge in [0.15, 0.2) is 0 Å². The number of nitrogens with one attached hydrogen (secondary N) is 2. The predicted molar refractivity (Wildman–Crippen MR) is 177 cm³/mol. The molecule has 260 valence electrons. The van der Waals surface area contributed by atoms with Crippen LogP contribution in [0.15, 0.2) is 94.6 Å². The molecule has 0 unspecified atom stereocenters. The molecule has 1 aliphatic heterocycles. The molecule has 0 bridgehead atoms. The maximum Gasteiger partial charge on any atom is 0.328 e. The predicted octanol–water partition coefficient (Wildman–Crippen LogP) is 1.38. The Kier molecular flexibility index (Phi) is 11.6. The van der Waals surface area contributed by atoms with Crippen molar-refractivity contribution in [3.05, 3.63) is 128 Å². The van der Waals surface area contributed by atoms with Gasteiger partial charge in [-0.2, -0.15) is 0 Å². The second kappa shape index (κ2) is 16.0. The van der Waals surface area contributed by atoms with Crippen LogP contribution in [0.2, 0.25) is 0 Å². The summed E-state index contributed by atoms with van der Waals surface area (Å²) in [5.74, 6) is 5.86. The molecule has 5 N–H and O–H groups in total. The molecule has 5 rings (SSSR count). The van der Waals surface area contributed by atoms with Crippen molar-refractivity contribution in [3.8, 4) is 11.5 Å². The zero-order valence-corrected chi connectivity index (χ0v) is 27.4. The number of amides is 1. The van der Waals surface area contributed by atoms with Gasteiger partial charge in [0, 0.05) is 13.3 Å². The van der Waals surface area contributed by atoms with Crippen molar-refractivity contribution >= 4 is 5.91 Å². The van der Waals surface area contributed by atoms with Crippen molar-refractivity contribution in [3.63, 3.8) is 0 Å². The number of hydrogen-bond acceptors (Lipinski definition) is 11. The third-order valence-corrected chi connectivity index (χ3v) is 8.39. The van der Waals surface area contributed by atoms with Crippen molar-refractivity contribution in [2.75, 3.05) is 41.2 Å². The summed E-state index contributed by atoms with van der Waals surface area (Å²) in [6.45, 7) is -0.346. The minimum atomic E-state index is -1.28. The van der Waals surface area contributed by atoms with E-state index in [9.17, 15) is 19.5 Å². The average Bonchev–Trinajstić information content (AvgIpc) is 3.44. The van der Waals surface area contributed by atoms with Gasteiger partial charge in [-0.1, -0.05) is 54.6 Å². The summed E-state index contributed by atoms with van der Waals surface area (Å²) in [4.78, 5) is 39.8. The highest BCUT2D eigenvalue weighted by atomic mass is 16.6. The van der Waals surface area contributed by atoms with E-state index in [1.807, 2.05) is 84.3 Å². The van der Waals surface area contributed by atoms with Crippen LogP contribution in [0.5, 0.6) is 11.5 Å². The standard InChI is InChI=1S/C35H40N4O10/c1-44-17-18-47-32-30(41)28(49-31(32)27-19-39(20-29(40)38-36)34(43)37-33(27)42)21-48-35(22-7-5-4-6-8-22,23-9-13-25(45-2)14-10-23)24-11-15-26(46-3)16-12-24/h4-16,19,28,30-32,41H,17-18,20-21,36H2,1-3H3,(H,38,40)(H,37,42,43)/t28-,30-,31+,32-/m1/s1. The van der Waals surface area contributed by atoms with Crippen LogP contribution in [0.25, 0.3) is 0 Å². The summed E-state index contributed by atoms with van der Waals surface area (Å²) in [6, 6.07) is 24.6. The summed E-state index contributed by atoms with van der Waals surface area (Å²) in [5.41, 5.74) is 1.45. The van der Waals surface area contributed by atoms with E-state index in [0.717, 1.165) is 21.3 Å². The Morgan fingerprint density at radius 1 is 0.918 bits per heavy atom.